The summed E-state index contributed by atoms with van der Waals surface area (Å²) in [5.41, 5.74) is 17.9. The van der Waals surface area contributed by atoms with Gasteiger partial charge in [-0.05, 0) is 109 Å². The van der Waals surface area contributed by atoms with E-state index < -0.39 is 12.2 Å². The van der Waals surface area contributed by atoms with Gasteiger partial charge < -0.3 is 46.1 Å². The van der Waals surface area contributed by atoms with Crippen molar-refractivity contribution < 1.29 is 34.6 Å². The highest BCUT2D eigenvalue weighted by molar-refractivity contribution is 5.82. The maximum Gasteiger partial charge on any atom is 0.185 e. The van der Waals surface area contributed by atoms with Crippen molar-refractivity contribution in [2.45, 2.75) is 83.5 Å². The number of hydrogen-bond acceptors (Lipinski definition) is 8. The zero-order valence-corrected chi connectivity index (χ0v) is 28.1. The molecular formula is C38H49N3O7. The number of phenolic OH excluding ortho intramolecular Hbond substituents is 2. The fourth-order valence-corrected chi connectivity index (χ4v) is 8.00. The van der Waals surface area contributed by atoms with Crippen LogP contribution in [0.2, 0.25) is 0 Å². The molecule has 8 N–H and O–H groups in total. The van der Waals surface area contributed by atoms with E-state index in [-0.39, 0.29) is 36.3 Å². The normalized spacial score (nSPS) is 23.0. The first-order valence-corrected chi connectivity index (χ1v) is 17.2. The molecule has 0 bridgehead atoms. The molecule has 1 heterocycles. The highest BCUT2D eigenvalue weighted by Crippen LogP contribution is 2.50. The van der Waals surface area contributed by atoms with Crippen molar-refractivity contribution in [2.75, 3.05) is 20.3 Å². The summed E-state index contributed by atoms with van der Waals surface area (Å²) in [7, 11) is 1.65. The summed E-state index contributed by atoms with van der Waals surface area (Å²) in [6.07, 6.45) is 4.09. The molecular weight excluding hydrogens is 610 g/mol. The maximum absolute atomic E-state index is 11.6. The molecule has 1 aliphatic heterocycles. The van der Waals surface area contributed by atoms with Gasteiger partial charge in [0.1, 0.15) is 29.5 Å². The van der Waals surface area contributed by atoms with Crippen molar-refractivity contribution in [2.24, 2.45) is 34.2 Å². The number of aliphatic hydroxyl groups is 2. The number of fused-ring (bicyclic) bond motifs is 5. The molecule has 0 unspecified atom stereocenters. The standard InChI is InChI=1S/C38H49N3O7/c1-20(2)13-24-14-27-21(15-30(24)44)7-9-26-28-17-31(45)37(48-33(28)18-35(46-3)36(26)27)22-8-10-29(43)34(16-22)47-32-6-4-5-23(19-42)25(32)11-12-41-38(39)40/h8,10,14-16,18,20,23,25,31-32,37,42-45H,4-7,9,11-13,17,19H2,1-3H3,(H4,39,40,41)/t23-,25-,31+,32-,37-/m0/s1. The van der Waals surface area contributed by atoms with Crippen LogP contribution < -0.4 is 25.7 Å². The van der Waals surface area contributed by atoms with E-state index in [1.807, 2.05) is 12.1 Å². The highest BCUT2D eigenvalue weighted by Gasteiger charge is 2.37. The maximum atomic E-state index is 11.6. The first-order valence-electron chi connectivity index (χ1n) is 17.2. The molecule has 10 heteroatoms. The summed E-state index contributed by atoms with van der Waals surface area (Å²) in [5, 5.41) is 43.2. The summed E-state index contributed by atoms with van der Waals surface area (Å²) in [6.45, 7) is 4.74. The Kier molecular flexibility index (Phi) is 9.94. The van der Waals surface area contributed by atoms with Crippen molar-refractivity contribution in [1.82, 2.24) is 0 Å². The zero-order valence-electron chi connectivity index (χ0n) is 28.1. The number of ether oxygens (including phenoxy) is 3. The Morgan fingerprint density at radius 3 is 2.56 bits per heavy atom. The van der Waals surface area contributed by atoms with E-state index >= 15 is 0 Å². The first-order chi connectivity index (χ1) is 23.1. The lowest BCUT2D eigenvalue weighted by Crippen LogP contribution is -2.39. The molecule has 6 rings (SSSR count). The second kappa shape index (κ2) is 14.1. The van der Waals surface area contributed by atoms with Gasteiger partial charge in [-0.15, -0.1) is 0 Å². The topological polar surface area (TPSA) is 173 Å². The first kappa shape index (κ1) is 33.7. The molecule has 3 aliphatic rings. The molecule has 0 saturated heterocycles. The third kappa shape index (κ3) is 6.73. The number of aromatic hydroxyl groups is 2. The predicted octanol–water partition coefficient (Wildman–Crippen LogP) is 4.93. The van der Waals surface area contributed by atoms with Crippen LogP contribution in [0.1, 0.15) is 73.5 Å². The minimum atomic E-state index is -0.842. The lowest BCUT2D eigenvalue weighted by Gasteiger charge is -2.38. The van der Waals surface area contributed by atoms with E-state index in [1.54, 1.807) is 25.3 Å². The smallest absolute Gasteiger partial charge is 0.185 e. The average molecular weight is 660 g/mol. The molecule has 5 atom stereocenters. The molecule has 0 aromatic heterocycles. The van der Waals surface area contributed by atoms with Gasteiger partial charge in [0, 0.05) is 42.7 Å². The van der Waals surface area contributed by atoms with Gasteiger partial charge in [0.2, 0.25) is 0 Å². The van der Waals surface area contributed by atoms with Crippen LogP contribution in [-0.2, 0) is 25.7 Å². The molecule has 3 aromatic rings. The molecule has 258 valence electrons. The molecule has 1 fully saturated rings. The van der Waals surface area contributed by atoms with Gasteiger partial charge >= 0.3 is 0 Å². The minimum Gasteiger partial charge on any atom is -0.508 e. The predicted molar refractivity (Wildman–Crippen MR) is 185 cm³/mol. The van der Waals surface area contributed by atoms with Gasteiger partial charge in [-0.2, -0.15) is 0 Å². The lowest BCUT2D eigenvalue weighted by atomic mass is 9.76. The van der Waals surface area contributed by atoms with Crippen molar-refractivity contribution in [3.05, 3.63) is 64.2 Å². The van der Waals surface area contributed by atoms with Crippen molar-refractivity contribution in [1.29, 1.82) is 0 Å². The third-order valence-electron chi connectivity index (χ3n) is 10.3. The Morgan fingerprint density at radius 2 is 1.83 bits per heavy atom. The van der Waals surface area contributed by atoms with E-state index in [1.165, 1.54) is 0 Å². The summed E-state index contributed by atoms with van der Waals surface area (Å²) in [4.78, 5) is 4.14. The molecule has 48 heavy (non-hydrogen) atoms. The van der Waals surface area contributed by atoms with Crippen molar-refractivity contribution in [3.8, 4) is 39.9 Å². The number of guanidine groups is 1. The van der Waals surface area contributed by atoms with Crippen LogP contribution in [0.25, 0.3) is 11.1 Å². The highest BCUT2D eigenvalue weighted by atomic mass is 16.5. The molecule has 2 aliphatic carbocycles. The number of phenols is 2. The van der Waals surface area contributed by atoms with Gasteiger partial charge in [-0.1, -0.05) is 19.9 Å². The summed E-state index contributed by atoms with van der Waals surface area (Å²) in [6, 6.07) is 11.0. The van der Waals surface area contributed by atoms with Gasteiger partial charge in [0.05, 0.1) is 13.2 Å². The van der Waals surface area contributed by atoms with Crippen LogP contribution in [0.3, 0.4) is 0 Å². The number of nitrogens with zero attached hydrogens (tertiary/aromatic N) is 1. The number of nitrogens with two attached hydrogens (primary N) is 2. The fraction of sp³-hybridized carbons (Fsp3) is 0.500. The monoisotopic (exact) mass is 659 g/mol. The van der Waals surface area contributed by atoms with Gasteiger partial charge in [-0.3, -0.25) is 4.99 Å². The second-order valence-electron chi connectivity index (χ2n) is 14.0. The van der Waals surface area contributed by atoms with E-state index in [0.29, 0.717) is 53.9 Å². The number of methoxy groups -OCH3 is 1. The van der Waals surface area contributed by atoms with Crippen LogP contribution in [0.5, 0.6) is 28.7 Å². The van der Waals surface area contributed by atoms with Crippen LogP contribution in [0, 0.1) is 17.8 Å². The largest absolute Gasteiger partial charge is 0.508 e. The van der Waals surface area contributed by atoms with E-state index in [2.05, 4.69) is 24.9 Å². The average Bonchev–Trinajstić information content (AvgIpc) is 3.05. The molecule has 3 aromatic carbocycles. The number of hydrogen-bond donors (Lipinski definition) is 6. The Morgan fingerprint density at radius 1 is 1.02 bits per heavy atom. The summed E-state index contributed by atoms with van der Waals surface area (Å²) >= 11 is 0. The summed E-state index contributed by atoms with van der Waals surface area (Å²) in [5.74, 6) is 2.47. The Hall–Kier alpha value is -4.15. The number of benzene rings is 3. The molecule has 10 nitrogen and oxygen atoms in total. The molecule has 0 amide bonds. The number of aliphatic hydroxyl groups excluding tert-OH is 2. The second-order valence-corrected chi connectivity index (χ2v) is 14.0. The van der Waals surface area contributed by atoms with Crippen LogP contribution in [-0.4, -0.2) is 58.9 Å². The minimum absolute atomic E-state index is 0.00387. The number of aryl methyl sites for hydroxylation is 1. The molecule has 1 saturated carbocycles. The Bertz CT molecular complexity index is 1670. The lowest BCUT2D eigenvalue weighted by molar-refractivity contribution is 0.0170. The van der Waals surface area contributed by atoms with Crippen LogP contribution in [0.4, 0.5) is 0 Å². The summed E-state index contributed by atoms with van der Waals surface area (Å²) < 4.78 is 19.0. The van der Waals surface area contributed by atoms with Crippen molar-refractivity contribution >= 4 is 5.96 Å². The van der Waals surface area contributed by atoms with E-state index in [0.717, 1.165) is 71.9 Å². The Balaban J connectivity index is 1.29. The fourth-order valence-electron chi connectivity index (χ4n) is 8.00. The number of aliphatic imine (C=N–C) groups is 1. The zero-order chi connectivity index (χ0) is 34.1. The van der Waals surface area contributed by atoms with Crippen molar-refractivity contribution in [3.63, 3.8) is 0 Å². The van der Waals surface area contributed by atoms with E-state index in [9.17, 15) is 20.4 Å². The molecule has 0 radical (unpaired) electrons. The number of rotatable bonds is 10. The van der Waals surface area contributed by atoms with E-state index in [4.69, 9.17) is 25.7 Å². The molecule has 0 spiro atoms. The van der Waals surface area contributed by atoms with Gasteiger partial charge in [0.25, 0.3) is 0 Å². The van der Waals surface area contributed by atoms with Crippen LogP contribution >= 0.6 is 0 Å². The third-order valence-corrected chi connectivity index (χ3v) is 10.3. The van der Waals surface area contributed by atoms with Gasteiger partial charge in [0.15, 0.2) is 17.5 Å². The van der Waals surface area contributed by atoms with Crippen LogP contribution in [0.15, 0.2) is 41.4 Å². The quantitative estimate of drug-likeness (QED) is 0.130. The Labute approximate surface area is 282 Å². The SMILES string of the molecule is COc1cc2c(c3c1-c1cc(CC(C)C)c(O)cc1CC3)C[C@@H](O)[C@H](c1ccc(O)c(O[C@H]3CCC[C@@H](CO)[C@@H]3CCN=C(N)N)c1)O2. The van der Waals surface area contributed by atoms with Gasteiger partial charge in [-0.25, -0.2) is 0 Å².